The van der Waals surface area contributed by atoms with Gasteiger partial charge in [-0.1, -0.05) is 12.1 Å². The lowest BCUT2D eigenvalue weighted by atomic mass is 10.1. The van der Waals surface area contributed by atoms with E-state index < -0.39 is 16.0 Å². The van der Waals surface area contributed by atoms with Gasteiger partial charge in [-0.2, -0.15) is 4.31 Å². The summed E-state index contributed by atoms with van der Waals surface area (Å²) in [6, 6.07) is 11.8. The third-order valence-electron chi connectivity index (χ3n) is 4.17. The van der Waals surface area contributed by atoms with Gasteiger partial charge < -0.3 is 10.4 Å². The topological polar surface area (TPSA) is 104 Å². The van der Waals surface area contributed by atoms with Crippen LogP contribution in [0.2, 0.25) is 0 Å². The van der Waals surface area contributed by atoms with E-state index in [1.54, 1.807) is 26.0 Å². The van der Waals surface area contributed by atoms with Crippen LogP contribution < -0.4 is 5.32 Å². The molecule has 0 aliphatic carbocycles. The molecule has 0 aliphatic rings. The Morgan fingerprint density at radius 3 is 2.00 bits per heavy atom. The summed E-state index contributed by atoms with van der Waals surface area (Å²) >= 11 is 0. The summed E-state index contributed by atoms with van der Waals surface area (Å²) in [5.41, 5.74) is 1.20. The van der Waals surface area contributed by atoms with Crippen LogP contribution in [0.25, 0.3) is 0 Å². The molecule has 2 N–H and O–H groups in total. The van der Waals surface area contributed by atoms with Gasteiger partial charge in [0.25, 0.3) is 5.91 Å². The molecule has 0 spiro atoms. The van der Waals surface area contributed by atoms with E-state index in [0.717, 1.165) is 5.56 Å². The third kappa shape index (κ3) is 4.93. The average molecular weight is 390 g/mol. The zero-order chi connectivity index (χ0) is 20.2. The number of sulfonamides is 1. The number of hydrogen-bond donors (Lipinski definition) is 2. The summed E-state index contributed by atoms with van der Waals surface area (Å²) in [7, 11) is -2.01. The Kier molecular flexibility index (Phi) is 6.35. The molecular weight excluding hydrogens is 368 g/mol. The predicted molar refractivity (Wildman–Crippen MR) is 101 cm³/mol. The smallest absolute Gasteiger partial charge is 0.335 e. The number of carbonyl (C=O) groups is 2. The highest BCUT2D eigenvalue weighted by molar-refractivity contribution is 7.89. The maximum atomic E-state index is 12.4. The SMILES string of the molecule is CC(C)N(C)S(=O)(=O)c1ccc(CNC(=O)c2ccc(C(=O)O)cc2)cc1. The van der Waals surface area contributed by atoms with E-state index in [0.29, 0.717) is 5.56 Å². The number of rotatable bonds is 7. The van der Waals surface area contributed by atoms with Crippen LogP contribution in [0, 0.1) is 0 Å². The van der Waals surface area contributed by atoms with E-state index in [-0.39, 0.29) is 29.0 Å². The Labute approximate surface area is 158 Å². The Morgan fingerprint density at radius 2 is 1.52 bits per heavy atom. The lowest BCUT2D eigenvalue weighted by molar-refractivity contribution is 0.0696. The van der Waals surface area contributed by atoms with Crippen molar-refractivity contribution in [3.63, 3.8) is 0 Å². The lowest BCUT2D eigenvalue weighted by Gasteiger charge is -2.21. The van der Waals surface area contributed by atoms with Gasteiger partial charge in [0.1, 0.15) is 0 Å². The molecular formula is C19H22N2O5S. The molecule has 2 rings (SSSR count). The minimum Gasteiger partial charge on any atom is -0.478 e. The summed E-state index contributed by atoms with van der Waals surface area (Å²) in [6.45, 7) is 3.81. The monoisotopic (exact) mass is 390 g/mol. The van der Waals surface area contributed by atoms with Gasteiger partial charge in [0.05, 0.1) is 10.5 Å². The second-order valence-corrected chi connectivity index (χ2v) is 8.32. The molecule has 0 fully saturated rings. The molecule has 0 atom stereocenters. The van der Waals surface area contributed by atoms with Crippen LogP contribution in [0.3, 0.4) is 0 Å². The normalized spacial score (nSPS) is 11.6. The number of nitrogens with zero attached hydrogens (tertiary/aromatic N) is 1. The van der Waals surface area contributed by atoms with Crippen molar-refractivity contribution in [3.05, 3.63) is 65.2 Å². The number of aromatic carboxylic acids is 1. The van der Waals surface area contributed by atoms with Crippen LogP contribution in [-0.4, -0.2) is 42.8 Å². The van der Waals surface area contributed by atoms with E-state index in [1.165, 1.54) is 47.8 Å². The fourth-order valence-corrected chi connectivity index (χ4v) is 3.64. The zero-order valence-corrected chi connectivity index (χ0v) is 16.2. The van der Waals surface area contributed by atoms with E-state index in [4.69, 9.17) is 5.11 Å². The number of hydrogen-bond acceptors (Lipinski definition) is 4. The molecule has 27 heavy (non-hydrogen) atoms. The van der Waals surface area contributed by atoms with Crippen molar-refractivity contribution >= 4 is 21.9 Å². The van der Waals surface area contributed by atoms with Crippen molar-refractivity contribution < 1.29 is 23.1 Å². The summed E-state index contributed by atoms with van der Waals surface area (Å²) in [5.74, 6) is -1.40. The Hall–Kier alpha value is -2.71. The molecule has 0 radical (unpaired) electrons. The van der Waals surface area contributed by atoms with Gasteiger partial charge in [-0.25, -0.2) is 13.2 Å². The molecule has 0 bridgehead atoms. The number of carbonyl (C=O) groups excluding carboxylic acids is 1. The van der Waals surface area contributed by atoms with Crippen LogP contribution in [0.15, 0.2) is 53.4 Å². The first-order chi connectivity index (χ1) is 12.6. The Bertz CT molecular complexity index is 920. The first-order valence-electron chi connectivity index (χ1n) is 8.31. The molecule has 1 amide bonds. The van der Waals surface area contributed by atoms with E-state index in [1.807, 2.05) is 0 Å². The van der Waals surface area contributed by atoms with Gasteiger partial charge in [0.15, 0.2) is 0 Å². The maximum Gasteiger partial charge on any atom is 0.335 e. The summed E-state index contributed by atoms with van der Waals surface area (Å²) in [5, 5.41) is 11.6. The number of carboxylic acids is 1. The summed E-state index contributed by atoms with van der Waals surface area (Å²) < 4.78 is 26.1. The van der Waals surface area contributed by atoms with Gasteiger partial charge in [-0.15, -0.1) is 0 Å². The van der Waals surface area contributed by atoms with Crippen LogP contribution in [-0.2, 0) is 16.6 Å². The van der Waals surface area contributed by atoms with Crippen molar-refractivity contribution in [1.29, 1.82) is 0 Å². The van der Waals surface area contributed by atoms with Gasteiger partial charge in [-0.05, 0) is 55.8 Å². The molecule has 0 aliphatic heterocycles. The number of benzene rings is 2. The molecule has 144 valence electrons. The highest BCUT2D eigenvalue weighted by Crippen LogP contribution is 2.17. The Morgan fingerprint density at radius 1 is 1.00 bits per heavy atom. The lowest BCUT2D eigenvalue weighted by Crippen LogP contribution is -2.33. The van der Waals surface area contributed by atoms with Gasteiger partial charge in [0.2, 0.25) is 10.0 Å². The molecule has 8 heteroatoms. The minimum atomic E-state index is -3.54. The number of amides is 1. The fourth-order valence-electron chi connectivity index (χ4n) is 2.27. The van der Waals surface area contributed by atoms with Crippen LogP contribution in [0.5, 0.6) is 0 Å². The molecule has 0 heterocycles. The Balaban J connectivity index is 2.02. The highest BCUT2D eigenvalue weighted by atomic mass is 32.2. The van der Waals surface area contributed by atoms with E-state index in [2.05, 4.69) is 5.32 Å². The van der Waals surface area contributed by atoms with Crippen molar-refractivity contribution in [2.24, 2.45) is 0 Å². The second kappa shape index (κ2) is 8.32. The standard InChI is InChI=1S/C19H22N2O5S/c1-13(2)21(3)27(25,26)17-10-4-14(5-11-17)12-20-18(22)15-6-8-16(9-7-15)19(23)24/h4-11,13H,12H2,1-3H3,(H,20,22)(H,23,24). The van der Waals surface area contributed by atoms with Gasteiger partial charge in [0, 0.05) is 25.2 Å². The van der Waals surface area contributed by atoms with Crippen LogP contribution in [0.1, 0.15) is 40.1 Å². The van der Waals surface area contributed by atoms with Gasteiger partial charge in [-0.3, -0.25) is 4.79 Å². The maximum absolute atomic E-state index is 12.4. The number of carboxylic acid groups (broad SMARTS) is 1. The molecule has 2 aromatic carbocycles. The van der Waals surface area contributed by atoms with Crippen molar-refractivity contribution in [3.8, 4) is 0 Å². The quantitative estimate of drug-likeness (QED) is 0.755. The zero-order valence-electron chi connectivity index (χ0n) is 15.3. The molecule has 2 aromatic rings. The first-order valence-corrected chi connectivity index (χ1v) is 9.75. The van der Waals surface area contributed by atoms with Gasteiger partial charge >= 0.3 is 5.97 Å². The van der Waals surface area contributed by atoms with Crippen molar-refractivity contribution in [2.45, 2.75) is 31.3 Å². The molecule has 7 nitrogen and oxygen atoms in total. The average Bonchev–Trinajstić information content (AvgIpc) is 2.65. The van der Waals surface area contributed by atoms with E-state index >= 15 is 0 Å². The number of nitrogens with one attached hydrogen (secondary N) is 1. The predicted octanol–water partition coefficient (Wildman–Crippen LogP) is 2.34. The molecule has 0 unspecified atom stereocenters. The molecule has 0 aromatic heterocycles. The summed E-state index contributed by atoms with van der Waals surface area (Å²) in [6.07, 6.45) is 0. The van der Waals surface area contributed by atoms with Crippen LogP contribution in [0.4, 0.5) is 0 Å². The highest BCUT2D eigenvalue weighted by Gasteiger charge is 2.22. The fraction of sp³-hybridized carbons (Fsp3) is 0.263. The van der Waals surface area contributed by atoms with Crippen molar-refractivity contribution in [1.82, 2.24) is 9.62 Å². The summed E-state index contributed by atoms with van der Waals surface area (Å²) in [4.78, 5) is 23.1. The van der Waals surface area contributed by atoms with Crippen molar-refractivity contribution in [2.75, 3.05) is 7.05 Å². The van der Waals surface area contributed by atoms with Crippen LogP contribution >= 0.6 is 0 Å². The third-order valence-corrected chi connectivity index (χ3v) is 6.22. The molecule has 0 saturated heterocycles. The second-order valence-electron chi connectivity index (χ2n) is 6.32. The largest absolute Gasteiger partial charge is 0.478 e. The molecule has 0 saturated carbocycles. The first kappa shape index (κ1) is 20.6. The van der Waals surface area contributed by atoms with E-state index in [9.17, 15) is 18.0 Å². The minimum absolute atomic E-state index is 0.106.